The van der Waals surface area contributed by atoms with Gasteiger partial charge in [0.05, 0.1) is 39.3 Å². The highest BCUT2D eigenvalue weighted by molar-refractivity contribution is 6.42. The number of benzene rings is 3. The van der Waals surface area contributed by atoms with Crippen LogP contribution in [0, 0.1) is 0 Å². The molecule has 10 nitrogen and oxygen atoms in total. The Labute approximate surface area is 269 Å². The molecule has 2 heterocycles. The largest absolute Gasteiger partial charge is 0.419 e. The third-order valence-corrected chi connectivity index (χ3v) is 8.31. The molecule has 0 bridgehead atoms. The maximum atomic E-state index is 14.2. The number of rotatable bonds is 7. The number of carbonyl (C=O) groups is 3. The van der Waals surface area contributed by atoms with Crippen LogP contribution < -0.4 is 21.5 Å². The molecule has 230 valence electrons. The lowest BCUT2D eigenvalue weighted by Gasteiger charge is -2.22. The molecule has 45 heavy (non-hydrogen) atoms. The number of nitrogens with one attached hydrogen (secondary N) is 3. The van der Waals surface area contributed by atoms with Crippen LogP contribution in [0.4, 0.5) is 11.6 Å². The highest BCUT2D eigenvalue weighted by atomic mass is 35.5. The fraction of sp³-hybridized carbons (Fsp3) is 0.212. The second-order valence-corrected chi connectivity index (χ2v) is 11.5. The Morgan fingerprint density at radius 3 is 2.24 bits per heavy atom. The summed E-state index contributed by atoms with van der Waals surface area (Å²) >= 11 is 12.2. The van der Waals surface area contributed by atoms with Crippen LogP contribution in [0.25, 0.3) is 5.69 Å². The van der Waals surface area contributed by atoms with Gasteiger partial charge in [0.25, 0.3) is 11.5 Å². The number of amides is 3. The number of anilines is 2. The van der Waals surface area contributed by atoms with Crippen LogP contribution in [0.1, 0.15) is 64.3 Å². The molecule has 0 aliphatic carbocycles. The average Bonchev–Trinajstić information content (AvgIpc) is 3.02. The van der Waals surface area contributed by atoms with E-state index in [9.17, 15) is 19.2 Å². The molecule has 0 unspecified atom stereocenters. The van der Waals surface area contributed by atoms with E-state index in [0.29, 0.717) is 44.5 Å². The SMILES string of the molecule is CNC(=O)c1ccc([C@H](C)Nc2nc3c(c(=O)n2-c2ccc(NC(C)=O)cc2)CC(C)=[N+](C(=O)c2ccc(Cl)c(Cl)c2)C3)cc1. The number of carbonyl (C=O) groups excluding carboxylic acids is 3. The van der Waals surface area contributed by atoms with Gasteiger partial charge in [-0.2, -0.15) is 4.58 Å². The number of hydrogen-bond donors (Lipinski definition) is 3. The molecular weight excluding hydrogens is 615 g/mol. The van der Waals surface area contributed by atoms with E-state index in [1.54, 1.807) is 67.1 Å². The van der Waals surface area contributed by atoms with Crippen LogP contribution in [0.5, 0.6) is 0 Å². The van der Waals surface area contributed by atoms with E-state index in [2.05, 4.69) is 16.0 Å². The van der Waals surface area contributed by atoms with Crippen LogP contribution in [0.2, 0.25) is 10.0 Å². The van der Waals surface area contributed by atoms with Gasteiger partial charge >= 0.3 is 5.91 Å². The van der Waals surface area contributed by atoms with Crippen molar-refractivity contribution in [2.75, 3.05) is 17.7 Å². The zero-order valence-electron chi connectivity index (χ0n) is 25.1. The topological polar surface area (TPSA) is 125 Å². The molecule has 1 aromatic heterocycles. The predicted molar refractivity (Wildman–Crippen MR) is 175 cm³/mol. The van der Waals surface area contributed by atoms with Gasteiger partial charge in [-0.3, -0.25) is 14.4 Å². The quantitative estimate of drug-likeness (QED) is 0.231. The van der Waals surface area contributed by atoms with Gasteiger partial charge in [0.2, 0.25) is 11.9 Å². The van der Waals surface area contributed by atoms with Crippen LogP contribution in [0.15, 0.2) is 71.5 Å². The zero-order valence-corrected chi connectivity index (χ0v) is 26.6. The first-order chi connectivity index (χ1) is 21.5. The molecule has 3 N–H and O–H groups in total. The van der Waals surface area contributed by atoms with Gasteiger partial charge in [0.15, 0.2) is 12.3 Å². The molecule has 0 radical (unpaired) electrons. The Balaban J connectivity index is 1.56. The van der Waals surface area contributed by atoms with Gasteiger partial charge in [-0.1, -0.05) is 35.3 Å². The highest BCUT2D eigenvalue weighted by Crippen LogP contribution is 2.26. The Morgan fingerprint density at radius 1 is 0.956 bits per heavy atom. The van der Waals surface area contributed by atoms with Gasteiger partial charge < -0.3 is 16.0 Å². The minimum absolute atomic E-state index is 0.0850. The second kappa shape index (κ2) is 13.1. The fourth-order valence-corrected chi connectivity index (χ4v) is 5.45. The third-order valence-electron chi connectivity index (χ3n) is 7.57. The predicted octanol–water partition coefficient (Wildman–Crippen LogP) is 5.40. The van der Waals surface area contributed by atoms with Crippen molar-refractivity contribution >= 4 is 58.3 Å². The van der Waals surface area contributed by atoms with E-state index in [4.69, 9.17) is 28.2 Å². The molecule has 0 saturated carbocycles. The van der Waals surface area contributed by atoms with Gasteiger partial charge in [0.1, 0.15) is 5.69 Å². The Morgan fingerprint density at radius 2 is 1.62 bits per heavy atom. The van der Waals surface area contributed by atoms with E-state index in [1.807, 2.05) is 19.1 Å². The molecule has 12 heteroatoms. The highest BCUT2D eigenvalue weighted by Gasteiger charge is 2.33. The van der Waals surface area contributed by atoms with E-state index in [0.717, 1.165) is 5.56 Å². The normalized spacial score (nSPS) is 13.1. The van der Waals surface area contributed by atoms with E-state index >= 15 is 0 Å². The summed E-state index contributed by atoms with van der Waals surface area (Å²) < 4.78 is 3.08. The molecule has 5 rings (SSSR count). The first-order valence-electron chi connectivity index (χ1n) is 14.2. The summed E-state index contributed by atoms with van der Waals surface area (Å²) in [5.41, 5.74) is 4.24. The summed E-state index contributed by atoms with van der Waals surface area (Å²) in [6.07, 6.45) is 0.217. The number of aromatic nitrogens is 2. The monoisotopic (exact) mass is 645 g/mol. The number of hydrogen-bond acceptors (Lipinski definition) is 6. The van der Waals surface area contributed by atoms with Gasteiger partial charge in [0, 0.05) is 32.1 Å². The number of nitrogens with zero attached hydrogens (tertiary/aromatic N) is 3. The van der Waals surface area contributed by atoms with Crippen LogP contribution in [0.3, 0.4) is 0 Å². The molecule has 3 amide bonds. The van der Waals surface area contributed by atoms with Gasteiger partial charge in [-0.25, -0.2) is 14.3 Å². The molecule has 1 aliphatic heterocycles. The smallest absolute Gasteiger partial charge is 0.355 e. The first kappa shape index (κ1) is 31.6. The molecule has 4 aromatic rings. The van der Waals surface area contributed by atoms with Gasteiger partial charge in [-0.05, 0) is 67.1 Å². The Bertz CT molecular complexity index is 1920. The molecule has 0 saturated heterocycles. The molecular formula is C33H31Cl2N6O4+. The zero-order chi connectivity index (χ0) is 32.4. The summed E-state index contributed by atoms with van der Waals surface area (Å²) in [5.74, 6) is -0.409. The maximum absolute atomic E-state index is 14.2. The lowest BCUT2D eigenvalue weighted by atomic mass is 10.0. The molecule has 3 aromatic carbocycles. The second-order valence-electron chi connectivity index (χ2n) is 10.7. The average molecular weight is 647 g/mol. The first-order valence-corrected chi connectivity index (χ1v) is 14.9. The van der Waals surface area contributed by atoms with Crippen molar-refractivity contribution in [3.8, 4) is 5.69 Å². The van der Waals surface area contributed by atoms with Crippen LogP contribution >= 0.6 is 23.2 Å². The number of halogens is 2. The third kappa shape index (κ3) is 6.67. The minimum Gasteiger partial charge on any atom is -0.355 e. The van der Waals surface area contributed by atoms with E-state index in [1.165, 1.54) is 17.6 Å². The van der Waals surface area contributed by atoms with Gasteiger partial charge in [-0.15, -0.1) is 0 Å². The lowest BCUT2D eigenvalue weighted by Crippen LogP contribution is -2.38. The van der Waals surface area contributed by atoms with Crippen LogP contribution in [-0.2, 0) is 17.8 Å². The lowest BCUT2D eigenvalue weighted by molar-refractivity contribution is -0.450. The summed E-state index contributed by atoms with van der Waals surface area (Å²) in [5, 5.41) is 9.32. The molecule has 0 fully saturated rings. The number of fused-ring (bicyclic) bond motifs is 1. The molecule has 1 aliphatic rings. The van der Waals surface area contributed by atoms with Crippen molar-refractivity contribution in [2.45, 2.75) is 39.8 Å². The van der Waals surface area contributed by atoms with Crippen molar-refractivity contribution in [2.24, 2.45) is 0 Å². The summed E-state index contributed by atoms with van der Waals surface area (Å²) in [6, 6.07) is 18.4. The van der Waals surface area contributed by atoms with Crippen molar-refractivity contribution < 1.29 is 19.0 Å². The van der Waals surface area contributed by atoms with E-state index in [-0.39, 0.29) is 53.3 Å². The summed E-state index contributed by atoms with van der Waals surface area (Å²) in [4.78, 5) is 56.2. The standard InChI is InChI=1S/C33H30Cl2N6O4/c1-18-15-26-29(17-40(18)31(44)23-9-14-27(34)28(35)16-23)39-33(37-19(2)21-5-7-22(8-6-21)30(43)36-4)41(32(26)45)25-12-10-24(11-13-25)38-20(3)42/h5-14,16,19H,15,17H2,1-4H3,(H2-,36,37,38,39,42,43,45)/p+1/t19-/m0/s1. The fourth-order valence-electron chi connectivity index (χ4n) is 5.15. The Kier molecular flexibility index (Phi) is 9.17. The summed E-state index contributed by atoms with van der Waals surface area (Å²) in [7, 11) is 1.57. The van der Waals surface area contributed by atoms with E-state index < -0.39 is 0 Å². The van der Waals surface area contributed by atoms with Crippen molar-refractivity contribution in [1.82, 2.24) is 14.9 Å². The van der Waals surface area contributed by atoms with Crippen molar-refractivity contribution in [3.05, 3.63) is 115 Å². The Hall–Kier alpha value is -4.80. The minimum atomic E-state index is -0.315. The molecule has 0 spiro atoms. The maximum Gasteiger partial charge on any atom is 0.419 e. The van der Waals surface area contributed by atoms with Crippen molar-refractivity contribution in [3.63, 3.8) is 0 Å². The molecule has 1 atom stereocenters. The van der Waals surface area contributed by atoms with Crippen LogP contribution in [-0.4, -0.2) is 44.6 Å². The summed E-state index contributed by atoms with van der Waals surface area (Å²) in [6.45, 7) is 5.23. The van der Waals surface area contributed by atoms with Crippen molar-refractivity contribution in [1.29, 1.82) is 0 Å².